The van der Waals surface area contributed by atoms with E-state index in [-0.39, 0.29) is 23.6 Å². The number of aromatic nitrogens is 2. The zero-order chi connectivity index (χ0) is 27.9. The Morgan fingerprint density at radius 3 is 2.54 bits per heavy atom. The summed E-state index contributed by atoms with van der Waals surface area (Å²) >= 11 is 2.07. The largest absolute Gasteiger partial charge is 0.480 e. The normalized spacial score (nSPS) is 30.5. The fourth-order valence-electron chi connectivity index (χ4n) is 8.56. The number of nitrogens with zero attached hydrogens (tertiary/aromatic N) is 4. The first-order chi connectivity index (χ1) is 20.0. The Hall–Kier alpha value is -2.42. The van der Waals surface area contributed by atoms with E-state index < -0.39 is 12.0 Å². The van der Waals surface area contributed by atoms with Crippen LogP contribution in [0, 0.1) is 17.7 Å². The van der Waals surface area contributed by atoms with Gasteiger partial charge in [-0.3, -0.25) is 14.6 Å². The third kappa shape index (κ3) is 5.43. The maximum atomic E-state index is 14.4. The number of thioether (sulfide) groups is 1. The number of hydrogen-bond acceptors (Lipinski definition) is 5. The maximum Gasteiger partial charge on any atom is 0.321 e. The van der Waals surface area contributed by atoms with Gasteiger partial charge in [-0.25, -0.2) is 9.37 Å². The van der Waals surface area contributed by atoms with Gasteiger partial charge in [0.05, 0.1) is 17.4 Å². The molecule has 1 aromatic heterocycles. The molecule has 1 saturated carbocycles. The molecule has 1 N–H and O–H groups in total. The van der Waals surface area contributed by atoms with E-state index in [1.54, 1.807) is 6.07 Å². The molecule has 2 aromatic carbocycles. The molecule has 5 atom stereocenters. The number of imidazole rings is 1. The average molecular weight is 577 g/mol. The zero-order valence-corrected chi connectivity index (χ0v) is 24.5. The first kappa shape index (κ1) is 27.4. The van der Waals surface area contributed by atoms with Crippen molar-refractivity contribution in [3.05, 3.63) is 66.2 Å². The Morgan fingerprint density at radius 2 is 1.78 bits per heavy atom. The number of rotatable bonds is 7. The van der Waals surface area contributed by atoms with Crippen LogP contribution in [0.1, 0.15) is 62.5 Å². The summed E-state index contributed by atoms with van der Waals surface area (Å²) in [4.78, 5) is 22.3. The molecule has 218 valence electrons. The lowest BCUT2D eigenvalue weighted by molar-refractivity contribution is -0.145. The fourth-order valence-corrected chi connectivity index (χ4v) is 9.90. The van der Waals surface area contributed by atoms with Crippen LogP contribution in [0.2, 0.25) is 0 Å². The van der Waals surface area contributed by atoms with Crippen LogP contribution in [-0.4, -0.2) is 79.7 Å². The molecule has 0 amide bonds. The van der Waals surface area contributed by atoms with Crippen LogP contribution >= 0.6 is 11.8 Å². The third-order valence-corrected chi connectivity index (χ3v) is 11.7. The maximum absolute atomic E-state index is 14.4. The van der Waals surface area contributed by atoms with Crippen LogP contribution in [0.25, 0.3) is 11.0 Å². The van der Waals surface area contributed by atoms with Crippen molar-refractivity contribution < 1.29 is 14.3 Å². The van der Waals surface area contributed by atoms with Crippen LogP contribution in [-0.2, 0) is 4.79 Å². The van der Waals surface area contributed by atoms with Gasteiger partial charge in [-0.2, -0.15) is 11.8 Å². The van der Waals surface area contributed by atoms with Crippen LogP contribution < -0.4 is 0 Å². The van der Waals surface area contributed by atoms with E-state index in [4.69, 9.17) is 0 Å². The van der Waals surface area contributed by atoms with Crippen molar-refractivity contribution in [2.45, 2.75) is 75.0 Å². The van der Waals surface area contributed by atoms with Gasteiger partial charge in [0.2, 0.25) is 0 Å². The van der Waals surface area contributed by atoms with E-state index in [1.807, 2.05) is 18.5 Å². The molecule has 2 bridgehead atoms. The second kappa shape index (κ2) is 11.7. The van der Waals surface area contributed by atoms with Gasteiger partial charge in [0, 0.05) is 55.2 Å². The standard InChI is InChI=1S/C33H41FN4O2S/c34-25-10-6-9-23(13-25)29-18-36(32(33(39)40)22-7-2-1-3-8-22)16-24(29)17-37-27-14-26(15-28(37)20-41-19-27)38-21-35-30-11-4-5-12-31(30)38/h4-6,9-13,21-22,24,26-29,32H,1-3,7-8,14-20H2,(H,39,40)/t24-,26?,27?,28?,29-,32?/m1/s1. The van der Waals surface area contributed by atoms with Crippen LogP contribution in [0.3, 0.4) is 0 Å². The predicted octanol–water partition coefficient (Wildman–Crippen LogP) is 6.05. The van der Waals surface area contributed by atoms with Gasteiger partial charge in [-0.15, -0.1) is 0 Å². The van der Waals surface area contributed by atoms with Gasteiger partial charge in [-0.1, -0.05) is 43.5 Å². The number of carboxylic acid groups (broad SMARTS) is 1. The molecule has 1 aliphatic carbocycles. The highest BCUT2D eigenvalue weighted by molar-refractivity contribution is 7.99. The molecule has 3 aliphatic heterocycles. The molecule has 3 aromatic rings. The Labute approximate surface area is 246 Å². The predicted molar refractivity (Wildman–Crippen MR) is 162 cm³/mol. The monoisotopic (exact) mass is 576 g/mol. The van der Waals surface area contributed by atoms with Gasteiger partial charge in [0.15, 0.2) is 0 Å². The lowest BCUT2D eigenvalue weighted by Crippen LogP contribution is -2.56. The highest BCUT2D eigenvalue weighted by Crippen LogP contribution is 2.43. The number of likely N-dealkylation sites (tertiary alicyclic amines) is 1. The molecule has 0 radical (unpaired) electrons. The van der Waals surface area contributed by atoms with Crippen LogP contribution in [0.15, 0.2) is 54.9 Å². The van der Waals surface area contributed by atoms with Crippen molar-refractivity contribution in [2.75, 3.05) is 31.1 Å². The van der Waals surface area contributed by atoms with Gasteiger partial charge < -0.3 is 9.67 Å². The molecule has 3 saturated heterocycles. The lowest BCUT2D eigenvalue weighted by Gasteiger charge is -2.50. The number of para-hydroxylation sites is 2. The Kier molecular flexibility index (Phi) is 7.82. The summed E-state index contributed by atoms with van der Waals surface area (Å²) in [5.74, 6) is 1.99. The molecule has 4 aliphatic rings. The van der Waals surface area contributed by atoms with E-state index in [2.05, 4.69) is 55.4 Å². The quantitative estimate of drug-likeness (QED) is 0.370. The van der Waals surface area contributed by atoms with Gasteiger partial charge in [0.25, 0.3) is 0 Å². The Morgan fingerprint density at radius 1 is 1.00 bits per heavy atom. The highest BCUT2D eigenvalue weighted by atomic mass is 32.2. The smallest absolute Gasteiger partial charge is 0.321 e. The van der Waals surface area contributed by atoms with E-state index >= 15 is 0 Å². The molecular weight excluding hydrogens is 535 g/mol. The highest BCUT2D eigenvalue weighted by Gasteiger charge is 2.46. The number of carboxylic acids is 1. The van der Waals surface area contributed by atoms with Gasteiger partial charge >= 0.3 is 5.97 Å². The van der Waals surface area contributed by atoms with Gasteiger partial charge in [0.1, 0.15) is 11.9 Å². The number of carbonyl (C=O) groups is 1. The van der Waals surface area contributed by atoms with Crippen LogP contribution in [0.5, 0.6) is 0 Å². The summed E-state index contributed by atoms with van der Waals surface area (Å²) in [7, 11) is 0. The molecular formula is C33H41FN4O2S. The molecule has 0 spiro atoms. The first-order valence-corrected chi connectivity index (χ1v) is 16.7. The number of aliphatic carboxylic acids is 1. The zero-order valence-electron chi connectivity index (χ0n) is 23.7. The lowest BCUT2D eigenvalue weighted by atomic mass is 9.83. The summed E-state index contributed by atoms with van der Waals surface area (Å²) in [5, 5.41) is 10.4. The number of hydrogen-bond donors (Lipinski definition) is 1. The van der Waals surface area contributed by atoms with Crippen molar-refractivity contribution in [3.8, 4) is 0 Å². The summed E-state index contributed by atoms with van der Waals surface area (Å²) in [6.45, 7) is 2.42. The SMILES string of the molecule is O=C(O)C(C1CCCCC1)N1C[C@H](CN2C3CSCC2CC(n2cnc4ccccc42)C3)[C@@H](c2cccc(F)c2)C1. The average Bonchev–Trinajstić information content (AvgIpc) is 3.58. The van der Waals surface area contributed by atoms with E-state index in [0.717, 1.165) is 74.2 Å². The Balaban J connectivity index is 1.14. The van der Waals surface area contributed by atoms with E-state index in [9.17, 15) is 14.3 Å². The molecule has 4 heterocycles. The molecule has 8 heteroatoms. The first-order valence-electron chi connectivity index (χ1n) is 15.5. The van der Waals surface area contributed by atoms with E-state index in [0.29, 0.717) is 24.7 Å². The summed E-state index contributed by atoms with van der Waals surface area (Å²) in [6.07, 6.45) is 9.70. The van der Waals surface area contributed by atoms with Crippen molar-refractivity contribution in [1.82, 2.24) is 19.4 Å². The summed E-state index contributed by atoms with van der Waals surface area (Å²) in [5.41, 5.74) is 3.30. The Bertz CT molecular complexity index is 1360. The van der Waals surface area contributed by atoms with Crippen LogP contribution in [0.4, 0.5) is 4.39 Å². The van der Waals surface area contributed by atoms with Crippen molar-refractivity contribution in [3.63, 3.8) is 0 Å². The number of fused-ring (bicyclic) bond motifs is 3. The minimum absolute atomic E-state index is 0.139. The topological polar surface area (TPSA) is 61.6 Å². The third-order valence-electron chi connectivity index (χ3n) is 10.5. The molecule has 7 rings (SSSR count). The minimum Gasteiger partial charge on any atom is -0.480 e. The summed E-state index contributed by atoms with van der Waals surface area (Å²) < 4.78 is 16.8. The number of halogens is 1. The number of benzene rings is 2. The number of piperidine rings is 1. The van der Waals surface area contributed by atoms with E-state index in [1.165, 1.54) is 18.0 Å². The minimum atomic E-state index is -0.683. The second-order valence-electron chi connectivity index (χ2n) is 12.9. The molecule has 6 nitrogen and oxygen atoms in total. The molecule has 41 heavy (non-hydrogen) atoms. The van der Waals surface area contributed by atoms with Crippen molar-refractivity contribution in [1.29, 1.82) is 0 Å². The fraction of sp³-hybridized carbons (Fsp3) is 0.576. The summed E-state index contributed by atoms with van der Waals surface area (Å²) in [6, 6.07) is 16.4. The van der Waals surface area contributed by atoms with Gasteiger partial charge in [-0.05, 0) is 67.3 Å². The second-order valence-corrected chi connectivity index (χ2v) is 13.9. The van der Waals surface area contributed by atoms with Crippen molar-refractivity contribution >= 4 is 28.8 Å². The van der Waals surface area contributed by atoms with Crippen molar-refractivity contribution in [2.24, 2.45) is 11.8 Å². The molecule has 3 unspecified atom stereocenters. The molecule has 4 fully saturated rings.